The van der Waals surface area contributed by atoms with Gasteiger partial charge in [0, 0.05) is 34.0 Å². The van der Waals surface area contributed by atoms with E-state index in [1.807, 2.05) is 19.1 Å². The second-order valence-corrected chi connectivity index (χ2v) is 9.62. The molecule has 1 atom stereocenters. The summed E-state index contributed by atoms with van der Waals surface area (Å²) in [6.45, 7) is 2.75. The number of methoxy groups -OCH3 is 1. The molecule has 3 aromatic heterocycles. The number of thiophene rings is 1. The van der Waals surface area contributed by atoms with Crippen LogP contribution in [0.5, 0.6) is 11.5 Å². The molecule has 1 aromatic carbocycles. The summed E-state index contributed by atoms with van der Waals surface area (Å²) in [5, 5.41) is 16.4. The standard InChI is InChI=1S/C22H25N5O5S2/c1-14-20(17-5-4-16(10-18(17)31-2)32-8-3-9-34(29)30)21-19(33-14)12-23-22(26-21)25-15-11-24-27(13-15)6-7-28/h4-5,10-13,28H,3,6-9H2,1-2H3,(H,29,30)(H,23,25,26)/p-1. The number of benzene rings is 1. The second kappa shape index (κ2) is 10.9. The summed E-state index contributed by atoms with van der Waals surface area (Å²) in [7, 11) is 1.60. The SMILES string of the molecule is COc1cc(OCCCS(=O)[O-])ccc1-c1c(C)sc2cnc(Nc3cnn(CCO)c3)nc12. The van der Waals surface area contributed by atoms with Gasteiger partial charge in [-0.25, -0.2) is 9.97 Å². The van der Waals surface area contributed by atoms with Gasteiger partial charge in [0.15, 0.2) is 0 Å². The van der Waals surface area contributed by atoms with Crippen LogP contribution in [-0.2, 0) is 17.6 Å². The number of rotatable bonds is 11. The van der Waals surface area contributed by atoms with E-state index in [0.29, 0.717) is 37.0 Å². The van der Waals surface area contributed by atoms with Crippen molar-refractivity contribution in [1.82, 2.24) is 19.7 Å². The molecule has 10 nitrogen and oxygen atoms in total. The predicted octanol–water partition coefficient (Wildman–Crippen LogP) is 3.26. The van der Waals surface area contributed by atoms with E-state index in [2.05, 4.69) is 15.4 Å². The van der Waals surface area contributed by atoms with Crippen LogP contribution in [0, 0.1) is 6.92 Å². The smallest absolute Gasteiger partial charge is 0.227 e. The Balaban J connectivity index is 1.61. The third kappa shape index (κ3) is 5.53. The molecule has 12 heteroatoms. The minimum atomic E-state index is -2.07. The van der Waals surface area contributed by atoms with Gasteiger partial charge in [0.05, 0.1) is 55.2 Å². The molecule has 3 heterocycles. The minimum absolute atomic E-state index is 0.00778. The number of aliphatic hydroxyl groups excluding tert-OH is 1. The van der Waals surface area contributed by atoms with Crippen LogP contribution in [0.1, 0.15) is 11.3 Å². The molecule has 34 heavy (non-hydrogen) atoms. The number of anilines is 2. The maximum absolute atomic E-state index is 10.7. The molecular formula is C22H24N5O5S2-. The van der Waals surface area contributed by atoms with E-state index >= 15 is 0 Å². The van der Waals surface area contributed by atoms with Crippen LogP contribution in [0.2, 0.25) is 0 Å². The minimum Gasteiger partial charge on any atom is -0.772 e. The highest BCUT2D eigenvalue weighted by Crippen LogP contribution is 2.42. The number of hydrogen-bond acceptors (Lipinski definition) is 10. The number of aryl methyl sites for hydroxylation is 1. The Morgan fingerprint density at radius 1 is 1.32 bits per heavy atom. The first-order valence-corrected chi connectivity index (χ1v) is 12.6. The highest BCUT2D eigenvalue weighted by Gasteiger charge is 2.18. The van der Waals surface area contributed by atoms with Gasteiger partial charge in [-0.2, -0.15) is 5.10 Å². The fraction of sp³-hybridized carbons (Fsp3) is 0.318. The van der Waals surface area contributed by atoms with Crippen molar-refractivity contribution < 1.29 is 23.3 Å². The first-order valence-electron chi connectivity index (χ1n) is 10.5. The Morgan fingerprint density at radius 2 is 2.18 bits per heavy atom. The third-order valence-corrected chi connectivity index (χ3v) is 6.64. The zero-order valence-corrected chi connectivity index (χ0v) is 20.3. The molecule has 0 aliphatic heterocycles. The lowest BCUT2D eigenvalue weighted by Crippen LogP contribution is -2.04. The van der Waals surface area contributed by atoms with Crippen molar-refractivity contribution in [3.63, 3.8) is 0 Å². The van der Waals surface area contributed by atoms with Gasteiger partial charge in [-0.15, -0.1) is 11.3 Å². The summed E-state index contributed by atoms with van der Waals surface area (Å²) < 4.78 is 35.3. The second-order valence-electron chi connectivity index (χ2n) is 7.35. The number of hydrogen-bond donors (Lipinski definition) is 2. The summed E-state index contributed by atoms with van der Waals surface area (Å²) in [5.41, 5.74) is 3.35. The molecule has 0 radical (unpaired) electrons. The van der Waals surface area contributed by atoms with Gasteiger partial charge in [-0.1, -0.05) is 11.1 Å². The number of nitrogens with zero attached hydrogens (tertiary/aromatic N) is 4. The molecule has 0 amide bonds. The largest absolute Gasteiger partial charge is 0.772 e. The van der Waals surface area contributed by atoms with Crippen LogP contribution < -0.4 is 14.8 Å². The van der Waals surface area contributed by atoms with Crippen molar-refractivity contribution in [2.45, 2.75) is 19.9 Å². The van der Waals surface area contributed by atoms with Gasteiger partial charge in [0.1, 0.15) is 11.5 Å². The molecule has 4 aromatic rings. The van der Waals surface area contributed by atoms with E-state index in [4.69, 9.17) is 19.6 Å². The Hall–Kier alpha value is -3.06. The molecule has 1 unspecified atom stereocenters. The Labute approximate surface area is 202 Å². The average molecular weight is 503 g/mol. The molecule has 0 aliphatic carbocycles. The van der Waals surface area contributed by atoms with E-state index in [-0.39, 0.29) is 12.4 Å². The third-order valence-electron chi connectivity index (χ3n) is 4.99. The molecule has 0 bridgehead atoms. The Bertz CT molecular complexity index is 1310. The molecule has 0 spiro atoms. The summed E-state index contributed by atoms with van der Waals surface area (Å²) in [4.78, 5) is 10.2. The average Bonchev–Trinajstić information content (AvgIpc) is 3.39. The van der Waals surface area contributed by atoms with E-state index in [0.717, 1.165) is 31.9 Å². The molecule has 0 fully saturated rings. The normalized spacial score (nSPS) is 12.1. The zero-order chi connectivity index (χ0) is 24.1. The van der Waals surface area contributed by atoms with Gasteiger partial charge >= 0.3 is 0 Å². The molecule has 0 saturated carbocycles. The van der Waals surface area contributed by atoms with E-state index in [9.17, 15) is 8.76 Å². The lowest BCUT2D eigenvalue weighted by molar-refractivity contribution is 0.269. The fourth-order valence-electron chi connectivity index (χ4n) is 3.50. The van der Waals surface area contributed by atoms with E-state index < -0.39 is 11.1 Å². The highest BCUT2D eigenvalue weighted by molar-refractivity contribution is 7.79. The van der Waals surface area contributed by atoms with Crippen LogP contribution >= 0.6 is 11.3 Å². The molecule has 180 valence electrons. The lowest BCUT2D eigenvalue weighted by Gasteiger charge is -2.13. The van der Waals surface area contributed by atoms with Crippen LogP contribution in [0.3, 0.4) is 0 Å². The van der Waals surface area contributed by atoms with E-state index in [1.54, 1.807) is 47.8 Å². The lowest BCUT2D eigenvalue weighted by atomic mass is 10.0. The number of aromatic nitrogens is 4. The van der Waals surface area contributed by atoms with Gasteiger partial charge in [-0.05, 0) is 25.5 Å². The topological polar surface area (TPSA) is 134 Å². The van der Waals surface area contributed by atoms with Crippen LogP contribution in [0.4, 0.5) is 11.6 Å². The van der Waals surface area contributed by atoms with Gasteiger partial charge in [-0.3, -0.25) is 8.89 Å². The predicted molar refractivity (Wildman–Crippen MR) is 131 cm³/mol. The maximum atomic E-state index is 10.7. The van der Waals surface area contributed by atoms with Crippen LogP contribution in [-0.4, -0.2) is 59.7 Å². The van der Waals surface area contributed by atoms with Gasteiger partial charge < -0.3 is 24.4 Å². The van der Waals surface area contributed by atoms with Crippen molar-refractivity contribution in [1.29, 1.82) is 0 Å². The van der Waals surface area contributed by atoms with E-state index in [1.165, 1.54) is 0 Å². The van der Waals surface area contributed by atoms with Gasteiger partial charge in [0.2, 0.25) is 5.95 Å². The first-order chi connectivity index (χ1) is 16.5. The Morgan fingerprint density at radius 3 is 2.94 bits per heavy atom. The van der Waals surface area contributed by atoms with Crippen LogP contribution in [0.15, 0.2) is 36.8 Å². The van der Waals surface area contributed by atoms with Gasteiger partial charge in [0.25, 0.3) is 0 Å². The number of nitrogens with one attached hydrogen (secondary N) is 1. The fourth-order valence-corrected chi connectivity index (χ4v) is 4.84. The van der Waals surface area contributed by atoms with Crippen molar-refractivity contribution in [3.8, 4) is 22.6 Å². The summed E-state index contributed by atoms with van der Waals surface area (Å²) in [6.07, 6.45) is 5.63. The summed E-state index contributed by atoms with van der Waals surface area (Å²) in [6, 6.07) is 5.55. The van der Waals surface area contributed by atoms with Crippen LogP contribution in [0.25, 0.3) is 21.3 Å². The molecule has 0 saturated heterocycles. The van der Waals surface area contributed by atoms with Crippen molar-refractivity contribution >= 4 is 44.3 Å². The van der Waals surface area contributed by atoms with Crippen molar-refractivity contribution in [2.75, 3.05) is 31.4 Å². The highest BCUT2D eigenvalue weighted by atomic mass is 32.2. The monoisotopic (exact) mass is 502 g/mol. The molecule has 2 N–H and O–H groups in total. The van der Waals surface area contributed by atoms with Crippen molar-refractivity contribution in [2.24, 2.45) is 0 Å². The first kappa shape index (κ1) is 24.1. The zero-order valence-electron chi connectivity index (χ0n) is 18.7. The number of aliphatic hydroxyl groups is 1. The summed E-state index contributed by atoms with van der Waals surface area (Å²) in [5.74, 6) is 1.73. The quantitative estimate of drug-likeness (QED) is 0.234. The molecular weight excluding hydrogens is 478 g/mol. The maximum Gasteiger partial charge on any atom is 0.227 e. The van der Waals surface area contributed by atoms with Crippen molar-refractivity contribution in [3.05, 3.63) is 41.7 Å². The molecule has 4 rings (SSSR count). The molecule has 0 aliphatic rings. The Kier molecular flexibility index (Phi) is 7.73. The number of fused-ring (bicyclic) bond motifs is 1. The summed E-state index contributed by atoms with van der Waals surface area (Å²) >= 11 is -0.470. The number of ether oxygens (including phenoxy) is 2.